The molecule has 5 nitrogen and oxygen atoms in total. The molecule has 0 unspecified atom stereocenters. The van der Waals surface area contributed by atoms with Crippen molar-refractivity contribution in [1.29, 1.82) is 0 Å². The molecular formula is C16H16N2O3S. The average Bonchev–Trinajstić information content (AvgIpc) is 2.88. The zero-order valence-electron chi connectivity index (χ0n) is 11.9. The number of anilines is 2. The second-order valence-electron chi connectivity index (χ2n) is 5.11. The van der Waals surface area contributed by atoms with Gasteiger partial charge in [0.15, 0.2) is 0 Å². The van der Waals surface area contributed by atoms with Crippen molar-refractivity contribution in [1.82, 2.24) is 0 Å². The van der Waals surface area contributed by atoms with Gasteiger partial charge in [-0.05, 0) is 42.8 Å². The molecule has 1 aliphatic heterocycles. The third-order valence-corrected chi connectivity index (χ3v) is 5.42. The van der Waals surface area contributed by atoms with Crippen LogP contribution in [0.3, 0.4) is 0 Å². The molecule has 1 amide bonds. The lowest BCUT2D eigenvalue weighted by atomic mass is 10.2. The highest BCUT2D eigenvalue weighted by Gasteiger charge is 2.28. The average molecular weight is 316 g/mol. The van der Waals surface area contributed by atoms with Crippen LogP contribution in [0.4, 0.5) is 11.4 Å². The van der Waals surface area contributed by atoms with Gasteiger partial charge in [0.05, 0.1) is 11.4 Å². The van der Waals surface area contributed by atoms with Gasteiger partial charge < -0.3 is 5.32 Å². The predicted molar refractivity (Wildman–Crippen MR) is 86.6 cm³/mol. The fourth-order valence-corrected chi connectivity index (χ4v) is 4.00. The Balaban J connectivity index is 1.74. The monoisotopic (exact) mass is 316 g/mol. The molecule has 0 bridgehead atoms. The van der Waals surface area contributed by atoms with Crippen molar-refractivity contribution in [3.8, 4) is 0 Å². The smallest absolute Gasteiger partial charge is 0.255 e. The van der Waals surface area contributed by atoms with E-state index < -0.39 is 10.0 Å². The maximum atomic E-state index is 12.0. The van der Waals surface area contributed by atoms with E-state index >= 15 is 0 Å². The van der Waals surface area contributed by atoms with Gasteiger partial charge in [-0.2, -0.15) is 0 Å². The molecule has 1 fully saturated rings. The SMILES string of the molecule is O=C(Nc1ccc(N2CCCS2(=O)=O)cc1)c1ccccc1. The van der Waals surface area contributed by atoms with Crippen LogP contribution in [-0.2, 0) is 10.0 Å². The van der Waals surface area contributed by atoms with Crippen molar-refractivity contribution >= 4 is 27.3 Å². The normalized spacial score (nSPS) is 16.5. The van der Waals surface area contributed by atoms with Crippen LogP contribution in [0.5, 0.6) is 0 Å². The van der Waals surface area contributed by atoms with Gasteiger partial charge in [-0.25, -0.2) is 8.42 Å². The lowest BCUT2D eigenvalue weighted by molar-refractivity contribution is 0.102. The number of carbonyl (C=O) groups is 1. The number of rotatable bonds is 3. The van der Waals surface area contributed by atoms with Crippen LogP contribution in [0.15, 0.2) is 54.6 Å². The Morgan fingerprint density at radius 3 is 2.27 bits per heavy atom. The summed E-state index contributed by atoms with van der Waals surface area (Å²) in [5.41, 5.74) is 1.85. The molecule has 0 spiro atoms. The topological polar surface area (TPSA) is 66.5 Å². The van der Waals surface area contributed by atoms with Crippen molar-refractivity contribution in [3.63, 3.8) is 0 Å². The molecular weight excluding hydrogens is 300 g/mol. The largest absolute Gasteiger partial charge is 0.322 e. The van der Waals surface area contributed by atoms with Gasteiger partial charge >= 0.3 is 0 Å². The summed E-state index contributed by atoms with van der Waals surface area (Å²) < 4.78 is 25.1. The first-order valence-corrected chi connectivity index (χ1v) is 8.64. The summed E-state index contributed by atoms with van der Waals surface area (Å²) in [6.45, 7) is 0.512. The third kappa shape index (κ3) is 2.96. The first kappa shape index (κ1) is 14.6. The Kier molecular flexibility index (Phi) is 3.85. The number of benzene rings is 2. The van der Waals surface area contributed by atoms with Gasteiger partial charge in [-0.1, -0.05) is 18.2 Å². The van der Waals surface area contributed by atoms with E-state index in [2.05, 4.69) is 5.32 Å². The zero-order chi connectivity index (χ0) is 15.6. The molecule has 1 aliphatic rings. The first-order chi connectivity index (χ1) is 10.6. The van der Waals surface area contributed by atoms with E-state index in [9.17, 15) is 13.2 Å². The van der Waals surface area contributed by atoms with Crippen LogP contribution in [0, 0.1) is 0 Å². The summed E-state index contributed by atoms with van der Waals surface area (Å²) in [7, 11) is -3.17. The zero-order valence-corrected chi connectivity index (χ0v) is 12.7. The maximum Gasteiger partial charge on any atom is 0.255 e. The standard InChI is InChI=1S/C16H16N2O3S/c19-16(13-5-2-1-3-6-13)17-14-7-9-15(10-8-14)18-11-4-12-22(18,20)21/h1-3,5-10H,4,11-12H2,(H,17,19). The summed E-state index contributed by atoms with van der Waals surface area (Å²) in [6, 6.07) is 15.8. The Morgan fingerprint density at radius 2 is 1.68 bits per heavy atom. The fourth-order valence-electron chi connectivity index (χ4n) is 2.43. The second-order valence-corrected chi connectivity index (χ2v) is 7.12. The van der Waals surface area contributed by atoms with Gasteiger partial charge in [0.25, 0.3) is 5.91 Å². The van der Waals surface area contributed by atoms with Gasteiger partial charge in [-0.15, -0.1) is 0 Å². The Hall–Kier alpha value is -2.34. The van der Waals surface area contributed by atoms with Crippen LogP contribution in [-0.4, -0.2) is 26.6 Å². The molecule has 114 valence electrons. The minimum Gasteiger partial charge on any atom is -0.322 e. The van der Waals surface area contributed by atoms with Crippen LogP contribution in [0.2, 0.25) is 0 Å². The second kappa shape index (κ2) is 5.81. The van der Waals surface area contributed by atoms with E-state index in [1.165, 1.54) is 4.31 Å². The molecule has 1 N–H and O–H groups in total. The van der Waals surface area contributed by atoms with Crippen LogP contribution in [0.25, 0.3) is 0 Å². The van der Waals surface area contributed by atoms with E-state index in [4.69, 9.17) is 0 Å². The Labute approximate surface area is 129 Å². The van der Waals surface area contributed by atoms with Gasteiger partial charge in [0.2, 0.25) is 10.0 Å². The van der Waals surface area contributed by atoms with Gasteiger partial charge in [0.1, 0.15) is 0 Å². The number of sulfonamides is 1. The Bertz CT molecular complexity index is 771. The van der Waals surface area contributed by atoms with Gasteiger partial charge in [0, 0.05) is 17.8 Å². The highest BCUT2D eigenvalue weighted by molar-refractivity contribution is 7.93. The van der Waals surface area contributed by atoms with Crippen molar-refractivity contribution in [2.24, 2.45) is 0 Å². The lowest BCUT2D eigenvalue weighted by Crippen LogP contribution is -2.24. The van der Waals surface area contributed by atoms with Crippen LogP contribution in [0.1, 0.15) is 16.8 Å². The summed E-state index contributed by atoms with van der Waals surface area (Å²) >= 11 is 0. The highest BCUT2D eigenvalue weighted by Crippen LogP contribution is 2.25. The maximum absolute atomic E-state index is 12.0. The summed E-state index contributed by atoms with van der Waals surface area (Å²) in [4.78, 5) is 12.0. The molecule has 22 heavy (non-hydrogen) atoms. The molecule has 2 aromatic carbocycles. The number of carbonyl (C=O) groups excluding carboxylic acids is 1. The third-order valence-electron chi connectivity index (χ3n) is 3.55. The Morgan fingerprint density at radius 1 is 1.00 bits per heavy atom. The number of hydrogen-bond donors (Lipinski definition) is 1. The summed E-state index contributed by atoms with van der Waals surface area (Å²) in [5, 5.41) is 2.79. The fraction of sp³-hybridized carbons (Fsp3) is 0.188. The van der Waals surface area contributed by atoms with Crippen molar-refractivity contribution < 1.29 is 13.2 Å². The first-order valence-electron chi connectivity index (χ1n) is 7.03. The minimum atomic E-state index is -3.17. The molecule has 0 aromatic heterocycles. The molecule has 2 aromatic rings. The van der Waals surface area contributed by atoms with Crippen molar-refractivity contribution in [2.75, 3.05) is 21.9 Å². The summed E-state index contributed by atoms with van der Waals surface area (Å²) in [6.07, 6.45) is 0.648. The molecule has 3 rings (SSSR count). The van der Waals surface area contributed by atoms with E-state index in [0.29, 0.717) is 29.9 Å². The number of nitrogens with one attached hydrogen (secondary N) is 1. The minimum absolute atomic E-state index is 0.192. The van der Waals surface area contributed by atoms with Crippen LogP contribution >= 0.6 is 0 Å². The van der Waals surface area contributed by atoms with Crippen molar-refractivity contribution in [3.05, 3.63) is 60.2 Å². The summed E-state index contributed by atoms with van der Waals surface area (Å²) in [5.74, 6) is 0.00148. The molecule has 0 saturated carbocycles. The van der Waals surface area contributed by atoms with E-state index in [-0.39, 0.29) is 11.7 Å². The molecule has 0 radical (unpaired) electrons. The lowest BCUT2D eigenvalue weighted by Gasteiger charge is -2.17. The quantitative estimate of drug-likeness (QED) is 0.946. The van der Waals surface area contributed by atoms with E-state index in [1.807, 2.05) is 6.07 Å². The number of amides is 1. The highest BCUT2D eigenvalue weighted by atomic mass is 32.2. The van der Waals surface area contributed by atoms with Gasteiger partial charge in [-0.3, -0.25) is 9.10 Å². The number of nitrogens with zero attached hydrogens (tertiary/aromatic N) is 1. The van der Waals surface area contributed by atoms with E-state index in [0.717, 1.165) is 0 Å². The number of hydrogen-bond acceptors (Lipinski definition) is 3. The van der Waals surface area contributed by atoms with E-state index in [1.54, 1.807) is 48.5 Å². The molecule has 0 aliphatic carbocycles. The molecule has 6 heteroatoms. The predicted octanol–water partition coefficient (Wildman–Crippen LogP) is 2.48. The molecule has 1 saturated heterocycles. The molecule has 0 atom stereocenters. The molecule has 1 heterocycles. The van der Waals surface area contributed by atoms with Crippen molar-refractivity contribution in [2.45, 2.75) is 6.42 Å². The van der Waals surface area contributed by atoms with Crippen LogP contribution < -0.4 is 9.62 Å².